The molecular weight excluding hydrogens is 168 g/mol. The standard InChI is InChI=1S/C9H16N2S/c1-9(2)5-10-8(12-6-9)11-7-3-4-7/h7H,3-6H2,1-2H3,(H,10,11). The van der Waals surface area contributed by atoms with Crippen molar-refractivity contribution in [2.75, 3.05) is 12.3 Å². The van der Waals surface area contributed by atoms with Crippen LogP contribution in [-0.4, -0.2) is 23.5 Å². The lowest BCUT2D eigenvalue weighted by molar-refractivity contribution is 0.436. The van der Waals surface area contributed by atoms with Gasteiger partial charge < -0.3 is 5.32 Å². The Morgan fingerprint density at radius 3 is 2.75 bits per heavy atom. The lowest BCUT2D eigenvalue weighted by Crippen LogP contribution is -2.32. The topological polar surface area (TPSA) is 24.4 Å². The van der Waals surface area contributed by atoms with Crippen LogP contribution in [0.25, 0.3) is 0 Å². The Balaban J connectivity index is 1.87. The summed E-state index contributed by atoms with van der Waals surface area (Å²) in [7, 11) is 0. The number of hydrogen-bond acceptors (Lipinski definition) is 3. The number of amidine groups is 1. The zero-order valence-corrected chi connectivity index (χ0v) is 8.58. The van der Waals surface area contributed by atoms with Crippen molar-refractivity contribution in [2.24, 2.45) is 10.4 Å². The molecule has 0 radical (unpaired) electrons. The third-order valence-corrected chi connectivity index (χ3v) is 3.60. The number of rotatable bonds is 1. The van der Waals surface area contributed by atoms with Gasteiger partial charge in [-0.25, -0.2) is 0 Å². The number of nitrogens with one attached hydrogen (secondary N) is 1. The third kappa shape index (κ3) is 2.16. The summed E-state index contributed by atoms with van der Waals surface area (Å²) in [5, 5.41) is 4.62. The largest absolute Gasteiger partial charge is 0.362 e. The van der Waals surface area contributed by atoms with Crippen LogP contribution in [0.3, 0.4) is 0 Å². The van der Waals surface area contributed by atoms with E-state index in [9.17, 15) is 0 Å². The van der Waals surface area contributed by atoms with Crippen LogP contribution in [0.4, 0.5) is 0 Å². The molecule has 2 rings (SSSR count). The number of aliphatic imine (C=N–C) groups is 1. The lowest BCUT2D eigenvalue weighted by Gasteiger charge is -2.27. The van der Waals surface area contributed by atoms with Crippen molar-refractivity contribution in [3.8, 4) is 0 Å². The van der Waals surface area contributed by atoms with Gasteiger partial charge in [0.1, 0.15) is 0 Å². The summed E-state index contributed by atoms with van der Waals surface area (Å²) >= 11 is 1.88. The van der Waals surface area contributed by atoms with Crippen LogP contribution < -0.4 is 5.32 Å². The summed E-state index contributed by atoms with van der Waals surface area (Å²) in [5.74, 6) is 1.20. The number of nitrogens with zero attached hydrogens (tertiary/aromatic N) is 1. The van der Waals surface area contributed by atoms with Crippen LogP contribution in [0.15, 0.2) is 4.99 Å². The molecule has 1 N–H and O–H groups in total. The highest BCUT2D eigenvalue weighted by atomic mass is 32.2. The summed E-state index contributed by atoms with van der Waals surface area (Å²) < 4.78 is 0. The van der Waals surface area contributed by atoms with E-state index < -0.39 is 0 Å². The Morgan fingerprint density at radius 1 is 1.50 bits per heavy atom. The summed E-state index contributed by atoms with van der Waals surface area (Å²) in [5.41, 5.74) is 0.402. The molecule has 0 amide bonds. The summed E-state index contributed by atoms with van der Waals surface area (Å²) in [4.78, 5) is 4.53. The fourth-order valence-electron chi connectivity index (χ4n) is 1.13. The molecule has 0 atom stereocenters. The maximum atomic E-state index is 4.53. The van der Waals surface area contributed by atoms with Gasteiger partial charge >= 0.3 is 0 Å². The van der Waals surface area contributed by atoms with Gasteiger partial charge in [0.25, 0.3) is 0 Å². The quantitative estimate of drug-likeness (QED) is 0.673. The van der Waals surface area contributed by atoms with Gasteiger partial charge in [-0.05, 0) is 18.3 Å². The van der Waals surface area contributed by atoms with Gasteiger partial charge in [-0.2, -0.15) is 0 Å². The molecule has 2 nitrogen and oxygen atoms in total. The summed E-state index contributed by atoms with van der Waals surface area (Å²) in [6.07, 6.45) is 2.67. The SMILES string of the molecule is CC1(C)CN=C(NC2CC2)SC1. The minimum Gasteiger partial charge on any atom is -0.362 e. The van der Waals surface area contributed by atoms with E-state index in [0.29, 0.717) is 5.41 Å². The van der Waals surface area contributed by atoms with Crippen LogP contribution >= 0.6 is 11.8 Å². The average Bonchev–Trinajstić information content (AvgIpc) is 2.77. The molecule has 0 spiro atoms. The van der Waals surface area contributed by atoms with E-state index in [1.165, 1.54) is 23.8 Å². The molecule has 2 aliphatic rings. The van der Waals surface area contributed by atoms with Gasteiger partial charge in [-0.3, -0.25) is 4.99 Å². The smallest absolute Gasteiger partial charge is 0.156 e. The Labute approximate surface area is 78.2 Å². The molecule has 0 saturated heterocycles. The van der Waals surface area contributed by atoms with Gasteiger partial charge in [0.2, 0.25) is 0 Å². The zero-order chi connectivity index (χ0) is 8.60. The highest BCUT2D eigenvalue weighted by Gasteiger charge is 2.27. The molecule has 1 heterocycles. The Bertz CT molecular complexity index is 207. The minimum absolute atomic E-state index is 0.402. The molecule has 68 valence electrons. The average molecular weight is 184 g/mol. The number of hydrogen-bond donors (Lipinski definition) is 1. The van der Waals surface area contributed by atoms with Crippen molar-refractivity contribution in [3.05, 3.63) is 0 Å². The molecule has 1 saturated carbocycles. The van der Waals surface area contributed by atoms with Gasteiger partial charge in [-0.1, -0.05) is 25.6 Å². The van der Waals surface area contributed by atoms with Crippen LogP contribution in [0.5, 0.6) is 0 Å². The predicted octanol–water partition coefficient (Wildman–Crippen LogP) is 1.87. The second kappa shape index (κ2) is 2.95. The van der Waals surface area contributed by atoms with Gasteiger partial charge in [0, 0.05) is 18.3 Å². The van der Waals surface area contributed by atoms with Crippen LogP contribution in [-0.2, 0) is 0 Å². The first-order valence-corrected chi connectivity index (χ1v) is 5.58. The molecule has 0 bridgehead atoms. The Kier molecular flexibility index (Phi) is 2.07. The molecule has 12 heavy (non-hydrogen) atoms. The van der Waals surface area contributed by atoms with Crippen molar-refractivity contribution >= 4 is 16.9 Å². The fraction of sp³-hybridized carbons (Fsp3) is 0.889. The Hall–Kier alpha value is -0.180. The number of thioether (sulfide) groups is 1. The van der Waals surface area contributed by atoms with E-state index in [1.807, 2.05) is 11.8 Å². The Morgan fingerprint density at radius 2 is 2.25 bits per heavy atom. The highest BCUT2D eigenvalue weighted by molar-refractivity contribution is 8.13. The fourth-order valence-corrected chi connectivity index (χ4v) is 2.16. The molecule has 1 aliphatic heterocycles. The molecule has 0 aromatic carbocycles. The van der Waals surface area contributed by atoms with Crippen molar-refractivity contribution in [3.63, 3.8) is 0 Å². The van der Waals surface area contributed by atoms with Crippen molar-refractivity contribution in [1.82, 2.24) is 5.32 Å². The molecule has 3 heteroatoms. The maximum absolute atomic E-state index is 4.53. The highest BCUT2D eigenvalue weighted by Crippen LogP contribution is 2.28. The van der Waals surface area contributed by atoms with E-state index in [0.717, 1.165) is 12.6 Å². The normalized spacial score (nSPS) is 28.0. The van der Waals surface area contributed by atoms with Crippen LogP contribution in [0, 0.1) is 5.41 Å². The van der Waals surface area contributed by atoms with E-state index in [4.69, 9.17) is 0 Å². The minimum atomic E-state index is 0.402. The monoisotopic (exact) mass is 184 g/mol. The first-order chi connectivity index (χ1) is 5.66. The molecule has 1 aliphatic carbocycles. The second-order valence-electron chi connectivity index (χ2n) is 4.49. The lowest BCUT2D eigenvalue weighted by atomic mass is 9.97. The van der Waals surface area contributed by atoms with Crippen LogP contribution in [0.2, 0.25) is 0 Å². The van der Waals surface area contributed by atoms with E-state index >= 15 is 0 Å². The van der Waals surface area contributed by atoms with Crippen molar-refractivity contribution in [2.45, 2.75) is 32.7 Å². The maximum Gasteiger partial charge on any atom is 0.156 e. The molecular formula is C9H16N2S. The second-order valence-corrected chi connectivity index (χ2v) is 5.46. The van der Waals surface area contributed by atoms with Gasteiger partial charge in [0.15, 0.2) is 5.17 Å². The zero-order valence-electron chi connectivity index (χ0n) is 7.76. The van der Waals surface area contributed by atoms with Gasteiger partial charge in [-0.15, -0.1) is 0 Å². The van der Waals surface area contributed by atoms with Crippen molar-refractivity contribution in [1.29, 1.82) is 0 Å². The van der Waals surface area contributed by atoms with E-state index in [2.05, 4.69) is 24.2 Å². The van der Waals surface area contributed by atoms with Gasteiger partial charge in [0.05, 0.1) is 0 Å². The van der Waals surface area contributed by atoms with E-state index in [-0.39, 0.29) is 0 Å². The van der Waals surface area contributed by atoms with Crippen LogP contribution in [0.1, 0.15) is 26.7 Å². The van der Waals surface area contributed by atoms with E-state index in [1.54, 1.807) is 0 Å². The molecule has 0 unspecified atom stereocenters. The summed E-state index contributed by atoms with van der Waals surface area (Å²) in [6, 6.07) is 0.748. The first kappa shape index (κ1) is 8.42. The first-order valence-electron chi connectivity index (χ1n) is 4.59. The molecule has 0 aromatic heterocycles. The van der Waals surface area contributed by atoms with Crippen molar-refractivity contribution < 1.29 is 0 Å². The molecule has 1 fully saturated rings. The summed E-state index contributed by atoms with van der Waals surface area (Å²) in [6.45, 7) is 5.53. The third-order valence-electron chi connectivity index (χ3n) is 2.16. The molecule has 0 aromatic rings. The predicted molar refractivity (Wildman–Crippen MR) is 54.7 cm³/mol.